The summed E-state index contributed by atoms with van der Waals surface area (Å²) >= 11 is 0. The third-order valence-corrected chi connectivity index (χ3v) is 9.83. The number of nitrogens with zero attached hydrogens (tertiary/aromatic N) is 2. The van der Waals surface area contributed by atoms with Crippen LogP contribution in [0.25, 0.3) is 10.9 Å². The molecular formula is C18H29BN2O5Si. The highest BCUT2D eigenvalue weighted by Gasteiger charge is 2.39. The molecule has 0 amide bonds. The SMILES string of the molecule is CC(C)(C)[Si](C)(C)Oc1ccc2c(c1)c(OB(O)O)nn2C1CCCCO1. The van der Waals surface area contributed by atoms with Crippen molar-refractivity contribution in [1.29, 1.82) is 0 Å². The first kappa shape index (κ1) is 20.2. The van der Waals surface area contributed by atoms with E-state index < -0.39 is 15.6 Å². The molecule has 0 aliphatic carbocycles. The highest BCUT2D eigenvalue weighted by atomic mass is 28.4. The van der Waals surface area contributed by atoms with Crippen LogP contribution >= 0.6 is 0 Å². The fraction of sp³-hybridized carbons (Fsp3) is 0.611. The van der Waals surface area contributed by atoms with Crippen molar-refractivity contribution < 1.29 is 23.9 Å². The average molecular weight is 392 g/mol. The minimum atomic E-state index is -2.00. The maximum atomic E-state index is 9.28. The molecule has 1 aromatic carbocycles. The van der Waals surface area contributed by atoms with Gasteiger partial charge >= 0.3 is 7.32 Å². The predicted octanol–water partition coefficient (Wildman–Crippen LogP) is 3.47. The van der Waals surface area contributed by atoms with E-state index in [0.29, 0.717) is 12.0 Å². The number of ether oxygens (including phenoxy) is 1. The number of rotatable bonds is 5. The smallest absolute Gasteiger partial charge is 0.543 e. The van der Waals surface area contributed by atoms with Crippen molar-refractivity contribution in [2.24, 2.45) is 0 Å². The van der Waals surface area contributed by atoms with Crippen LogP contribution in [0, 0.1) is 0 Å². The molecule has 1 aliphatic rings. The average Bonchev–Trinajstić information content (AvgIpc) is 2.92. The fourth-order valence-electron chi connectivity index (χ4n) is 2.93. The maximum Gasteiger partial charge on any atom is 0.708 e. The van der Waals surface area contributed by atoms with Gasteiger partial charge in [0.15, 0.2) is 6.23 Å². The van der Waals surface area contributed by atoms with E-state index in [1.54, 1.807) is 4.68 Å². The molecular weight excluding hydrogens is 363 g/mol. The molecule has 2 heterocycles. The van der Waals surface area contributed by atoms with E-state index in [0.717, 1.165) is 30.5 Å². The summed E-state index contributed by atoms with van der Waals surface area (Å²) in [6.45, 7) is 11.6. The Morgan fingerprint density at radius 2 is 2.00 bits per heavy atom. The Morgan fingerprint density at radius 3 is 2.59 bits per heavy atom. The lowest BCUT2D eigenvalue weighted by Crippen LogP contribution is -2.43. The monoisotopic (exact) mass is 392 g/mol. The Hall–Kier alpha value is -1.55. The largest absolute Gasteiger partial charge is 0.708 e. The molecule has 148 valence electrons. The summed E-state index contributed by atoms with van der Waals surface area (Å²) in [6.07, 6.45) is 2.79. The molecule has 1 aliphatic heterocycles. The van der Waals surface area contributed by atoms with Crippen molar-refractivity contribution >= 4 is 26.5 Å². The first-order valence-electron chi connectivity index (χ1n) is 9.44. The molecule has 9 heteroatoms. The van der Waals surface area contributed by atoms with E-state index >= 15 is 0 Å². The summed E-state index contributed by atoms with van der Waals surface area (Å²) in [6, 6.07) is 5.72. The molecule has 2 aromatic rings. The topological polar surface area (TPSA) is 86.0 Å². The zero-order valence-corrected chi connectivity index (χ0v) is 17.7. The molecule has 1 fully saturated rings. The lowest BCUT2D eigenvalue weighted by molar-refractivity contribution is -0.0371. The Morgan fingerprint density at radius 1 is 1.26 bits per heavy atom. The molecule has 1 aromatic heterocycles. The molecule has 3 rings (SSSR count). The third kappa shape index (κ3) is 4.31. The van der Waals surface area contributed by atoms with E-state index in [9.17, 15) is 10.0 Å². The van der Waals surface area contributed by atoms with Crippen molar-refractivity contribution in [1.82, 2.24) is 9.78 Å². The second kappa shape index (κ2) is 7.46. The first-order chi connectivity index (χ1) is 12.6. The quantitative estimate of drug-likeness (QED) is 0.758. The zero-order chi connectivity index (χ0) is 19.8. The van der Waals surface area contributed by atoms with Crippen LogP contribution in [-0.4, -0.2) is 42.1 Å². The summed E-state index contributed by atoms with van der Waals surface area (Å²) in [5, 5.41) is 23.7. The summed E-state index contributed by atoms with van der Waals surface area (Å²) in [4.78, 5) is 0. The number of benzene rings is 1. The first-order valence-corrected chi connectivity index (χ1v) is 12.3. The highest BCUT2D eigenvalue weighted by molar-refractivity contribution is 6.74. The number of hydrogen-bond acceptors (Lipinski definition) is 6. The van der Waals surface area contributed by atoms with E-state index in [1.165, 1.54) is 0 Å². The normalized spacial score (nSPS) is 18.6. The van der Waals surface area contributed by atoms with Crippen molar-refractivity contribution in [3.8, 4) is 11.6 Å². The fourth-order valence-corrected chi connectivity index (χ4v) is 3.95. The van der Waals surface area contributed by atoms with Gasteiger partial charge < -0.3 is 23.9 Å². The van der Waals surface area contributed by atoms with Gasteiger partial charge in [0.05, 0.1) is 10.9 Å². The van der Waals surface area contributed by atoms with Crippen molar-refractivity contribution in [3.05, 3.63) is 18.2 Å². The van der Waals surface area contributed by atoms with Gasteiger partial charge in [-0.1, -0.05) is 20.8 Å². The van der Waals surface area contributed by atoms with Crippen LogP contribution in [0.5, 0.6) is 11.6 Å². The van der Waals surface area contributed by atoms with E-state index in [2.05, 4.69) is 39.0 Å². The van der Waals surface area contributed by atoms with Gasteiger partial charge in [-0.15, -0.1) is 5.10 Å². The van der Waals surface area contributed by atoms with E-state index in [4.69, 9.17) is 13.8 Å². The Labute approximate surface area is 161 Å². The molecule has 0 bridgehead atoms. The lowest BCUT2D eigenvalue weighted by Gasteiger charge is -2.36. The molecule has 1 atom stereocenters. The Balaban J connectivity index is 2.01. The van der Waals surface area contributed by atoms with Crippen molar-refractivity contribution in [3.63, 3.8) is 0 Å². The van der Waals surface area contributed by atoms with Crippen LogP contribution in [0.2, 0.25) is 18.1 Å². The number of aromatic nitrogens is 2. The molecule has 2 N–H and O–H groups in total. The third-order valence-electron chi connectivity index (χ3n) is 5.47. The maximum absolute atomic E-state index is 9.28. The van der Waals surface area contributed by atoms with E-state index in [1.807, 2.05) is 18.2 Å². The molecule has 0 saturated carbocycles. The Bertz CT molecular complexity index is 797. The van der Waals surface area contributed by atoms with Gasteiger partial charge in [0.25, 0.3) is 0 Å². The van der Waals surface area contributed by atoms with Crippen molar-refractivity contribution in [2.75, 3.05) is 6.61 Å². The molecule has 0 radical (unpaired) electrons. The van der Waals surface area contributed by atoms with Crippen LogP contribution in [0.3, 0.4) is 0 Å². The second-order valence-electron chi connectivity index (χ2n) is 8.56. The van der Waals surface area contributed by atoms with Crippen LogP contribution in [-0.2, 0) is 4.74 Å². The molecule has 1 unspecified atom stereocenters. The van der Waals surface area contributed by atoms with Gasteiger partial charge in [-0.25, -0.2) is 4.68 Å². The minimum Gasteiger partial charge on any atom is -0.543 e. The summed E-state index contributed by atoms with van der Waals surface area (Å²) in [7, 11) is -3.94. The summed E-state index contributed by atoms with van der Waals surface area (Å²) < 4.78 is 19.1. The predicted molar refractivity (Wildman–Crippen MR) is 107 cm³/mol. The molecule has 7 nitrogen and oxygen atoms in total. The number of fused-ring (bicyclic) bond motifs is 1. The van der Waals surface area contributed by atoms with Gasteiger partial charge in [-0.3, -0.25) is 0 Å². The molecule has 27 heavy (non-hydrogen) atoms. The lowest BCUT2D eigenvalue weighted by atomic mass is 10.2. The van der Waals surface area contributed by atoms with Crippen LogP contribution in [0.15, 0.2) is 18.2 Å². The van der Waals surface area contributed by atoms with Gasteiger partial charge in [-0.05, 0) is 55.6 Å². The Kier molecular flexibility index (Phi) is 5.58. The van der Waals surface area contributed by atoms with Gasteiger partial charge in [0, 0.05) is 6.61 Å². The number of hydrogen-bond donors (Lipinski definition) is 2. The zero-order valence-electron chi connectivity index (χ0n) is 16.7. The summed E-state index contributed by atoms with van der Waals surface area (Å²) in [5.41, 5.74) is 0.820. The second-order valence-corrected chi connectivity index (χ2v) is 13.3. The molecule has 0 spiro atoms. The standard InChI is InChI=1S/C18H29BN2O5Si/c1-18(2,3)27(4,5)26-13-9-10-15-14(12-13)17(25-19(22)23)20-21(15)16-8-6-7-11-24-16/h9-10,12,16,22-23H,6-8,11H2,1-5H3. The van der Waals surface area contributed by atoms with Gasteiger partial charge in [-0.2, -0.15) is 0 Å². The molecule has 1 saturated heterocycles. The highest BCUT2D eigenvalue weighted by Crippen LogP contribution is 2.39. The van der Waals surface area contributed by atoms with Crippen LogP contribution in [0.1, 0.15) is 46.3 Å². The van der Waals surface area contributed by atoms with Crippen LogP contribution in [0.4, 0.5) is 0 Å². The van der Waals surface area contributed by atoms with Crippen molar-refractivity contribution in [2.45, 2.75) is 64.4 Å². The van der Waals surface area contributed by atoms with E-state index in [-0.39, 0.29) is 17.1 Å². The van der Waals surface area contributed by atoms with Crippen LogP contribution < -0.4 is 9.08 Å². The minimum absolute atomic E-state index is 0.0721. The van der Waals surface area contributed by atoms with Gasteiger partial charge in [0.2, 0.25) is 14.2 Å². The van der Waals surface area contributed by atoms with Gasteiger partial charge in [0.1, 0.15) is 5.75 Å². The summed E-state index contributed by atoms with van der Waals surface area (Å²) in [5.74, 6) is 0.894.